The maximum Gasteiger partial charge on any atom is 0.223 e. The number of halogens is 2. The Balaban J connectivity index is 0.00000147. The zero-order valence-corrected chi connectivity index (χ0v) is 12.1. The van der Waals surface area contributed by atoms with Gasteiger partial charge >= 0.3 is 0 Å². The zero-order valence-electron chi connectivity index (χ0n) is 11.3. The molecule has 1 saturated heterocycles. The van der Waals surface area contributed by atoms with E-state index in [-0.39, 0.29) is 36.0 Å². The minimum absolute atomic E-state index is 0. The van der Waals surface area contributed by atoms with Crippen LogP contribution in [0.4, 0.5) is 4.39 Å². The topological polar surface area (TPSA) is 41.1 Å². The van der Waals surface area contributed by atoms with Crippen molar-refractivity contribution in [2.45, 2.75) is 31.2 Å². The first-order chi connectivity index (χ1) is 9.24. The van der Waals surface area contributed by atoms with E-state index < -0.39 is 0 Å². The van der Waals surface area contributed by atoms with E-state index in [1.807, 2.05) is 0 Å². The summed E-state index contributed by atoms with van der Waals surface area (Å²) in [6.45, 7) is 1.97. The van der Waals surface area contributed by atoms with Crippen molar-refractivity contribution in [2.24, 2.45) is 5.92 Å². The zero-order chi connectivity index (χ0) is 13.2. The highest BCUT2D eigenvalue weighted by Crippen LogP contribution is 2.47. The molecule has 1 aliphatic heterocycles. The molecule has 2 aliphatic rings. The lowest BCUT2D eigenvalue weighted by molar-refractivity contribution is -0.123. The van der Waals surface area contributed by atoms with Crippen LogP contribution in [0, 0.1) is 11.7 Å². The van der Waals surface area contributed by atoms with Crippen LogP contribution in [-0.2, 0) is 4.79 Å². The van der Waals surface area contributed by atoms with Gasteiger partial charge in [-0.2, -0.15) is 0 Å². The molecule has 1 heterocycles. The van der Waals surface area contributed by atoms with Gasteiger partial charge in [0.25, 0.3) is 0 Å². The quantitative estimate of drug-likeness (QED) is 0.898. The van der Waals surface area contributed by atoms with E-state index in [4.69, 9.17) is 0 Å². The lowest BCUT2D eigenvalue weighted by atomic mass is 10.1. The van der Waals surface area contributed by atoms with Gasteiger partial charge in [-0.25, -0.2) is 4.39 Å². The number of rotatable bonds is 3. The van der Waals surface area contributed by atoms with Crippen LogP contribution in [0.5, 0.6) is 0 Å². The monoisotopic (exact) mass is 298 g/mol. The molecule has 0 bridgehead atoms. The molecule has 5 heteroatoms. The second kappa shape index (κ2) is 6.55. The smallest absolute Gasteiger partial charge is 0.223 e. The molecule has 2 unspecified atom stereocenters. The summed E-state index contributed by atoms with van der Waals surface area (Å²) in [4.78, 5) is 12.1. The van der Waals surface area contributed by atoms with Gasteiger partial charge in [0, 0.05) is 12.0 Å². The summed E-state index contributed by atoms with van der Waals surface area (Å²) in [5, 5.41) is 6.42. The van der Waals surface area contributed by atoms with Crippen molar-refractivity contribution >= 4 is 18.3 Å². The van der Waals surface area contributed by atoms with Crippen LogP contribution < -0.4 is 10.6 Å². The van der Waals surface area contributed by atoms with E-state index in [9.17, 15) is 9.18 Å². The fourth-order valence-corrected chi connectivity index (χ4v) is 2.84. The number of piperidine rings is 1. The van der Waals surface area contributed by atoms with Crippen LogP contribution in [0.3, 0.4) is 0 Å². The third kappa shape index (κ3) is 3.49. The fraction of sp³-hybridized carbons (Fsp3) is 0.533. The molecule has 1 aromatic rings. The Morgan fingerprint density at radius 1 is 1.20 bits per heavy atom. The second-order valence-electron chi connectivity index (χ2n) is 5.53. The third-order valence-electron chi connectivity index (χ3n) is 4.11. The SMILES string of the molecule is Cl.O=C(NC1CCNCC1)C1CC1c1ccc(F)cc1. The van der Waals surface area contributed by atoms with Crippen LogP contribution in [0.2, 0.25) is 0 Å². The Labute approximate surface area is 124 Å². The maximum absolute atomic E-state index is 12.9. The summed E-state index contributed by atoms with van der Waals surface area (Å²) in [6.07, 6.45) is 2.92. The molecule has 20 heavy (non-hydrogen) atoms. The largest absolute Gasteiger partial charge is 0.353 e. The summed E-state index contributed by atoms with van der Waals surface area (Å²) in [5.41, 5.74) is 1.08. The summed E-state index contributed by atoms with van der Waals surface area (Å²) in [7, 11) is 0. The molecule has 1 aliphatic carbocycles. The Morgan fingerprint density at radius 3 is 2.50 bits per heavy atom. The second-order valence-corrected chi connectivity index (χ2v) is 5.53. The van der Waals surface area contributed by atoms with Gasteiger partial charge in [0.1, 0.15) is 5.82 Å². The first-order valence-corrected chi connectivity index (χ1v) is 7.00. The van der Waals surface area contributed by atoms with Gasteiger partial charge < -0.3 is 10.6 Å². The van der Waals surface area contributed by atoms with Crippen LogP contribution in [-0.4, -0.2) is 25.0 Å². The molecule has 3 nitrogen and oxygen atoms in total. The normalized spacial score (nSPS) is 25.6. The lowest BCUT2D eigenvalue weighted by Crippen LogP contribution is -2.43. The minimum Gasteiger partial charge on any atom is -0.353 e. The average Bonchev–Trinajstić information content (AvgIpc) is 3.21. The number of hydrogen-bond acceptors (Lipinski definition) is 2. The highest BCUT2D eigenvalue weighted by Gasteiger charge is 2.44. The highest BCUT2D eigenvalue weighted by atomic mass is 35.5. The van der Waals surface area contributed by atoms with Gasteiger partial charge in [0.2, 0.25) is 5.91 Å². The molecule has 1 aromatic carbocycles. The number of benzene rings is 1. The molecule has 2 N–H and O–H groups in total. The Bertz CT molecular complexity index is 459. The first-order valence-electron chi connectivity index (χ1n) is 7.00. The summed E-state index contributed by atoms with van der Waals surface area (Å²) in [5.74, 6) is 0.309. The number of nitrogens with one attached hydrogen (secondary N) is 2. The van der Waals surface area contributed by atoms with Gasteiger partial charge in [0.15, 0.2) is 0 Å². The van der Waals surface area contributed by atoms with Crippen molar-refractivity contribution < 1.29 is 9.18 Å². The summed E-state index contributed by atoms with van der Waals surface area (Å²) in [6, 6.07) is 6.84. The van der Waals surface area contributed by atoms with Gasteiger partial charge in [-0.1, -0.05) is 12.1 Å². The van der Waals surface area contributed by atoms with Crippen molar-refractivity contribution in [3.05, 3.63) is 35.6 Å². The molecule has 2 fully saturated rings. The molecule has 1 amide bonds. The van der Waals surface area contributed by atoms with Gasteiger partial charge in [-0.3, -0.25) is 4.79 Å². The van der Waals surface area contributed by atoms with Crippen molar-refractivity contribution in [3.63, 3.8) is 0 Å². The molecule has 0 aromatic heterocycles. The molecule has 0 radical (unpaired) electrons. The molecule has 3 rings (SSSR count). The van der Waals surface area contributed by atoms with Crippen molar-refractivity contribution in [2.75, 3.05) is 13.1 Å². The lowest BCUT2D eigenvalue weighted by Gasteiger charge is -2.23. The Morgan fingerprint density at radius 2 is 1.85 bits per heavy atom. The van der Waals surface area contributed by atoms with Gasteiger partial charge in [-0.05, 0) is 56.0 Å². The van der Waals surface area contributed by atoms with Crippen molar-refractivity contribution in [1.29, 1.82) is 0 Å². The van der Waals surface area contributed by atoms with Crippen LogP contribution in [0.1, 0.15) is 30.7 Å². The van der Waals surface area contributed by atoms with E-state index in [0.29, 0.717) is 6.04 Å². The number of hydrogen-bond donors (Lipinski definition) is 2. The fourth-order valence-electron chi connectivity index (χ4n) is 2.84. The average molecular weight is 299 g/mol. The predicted molar refractivity (Wildman–Crippen MR) is 78.5 cm³/mol. The Kier molecular flexibility index (Phi) is 5.00. The Hall–Kier alpha value is -1.13. The van der Waals surface area contributed by atoms with Crippen LogP contribution in [0.25, 0.3) is 0 Å². The number of carbonyl (C=O) groups excluding carboxylic acids is 1. The molecule has 0 spiro atoms. The van der Waals surface area contributed by atoms with Crippen molar-refractivity contribution in [3.8, 4) is 0 Å². The van der Waals surface area contributed by atoms with Crippen LogP contribution in [0.15, 0.2) is 24.3 Å². The molecular formula is C15H20ClFN2O. The highest BCUT2D eigenvalue weighted by molar-refractivity contribution is 5.85. The van der Waals surface area contributed by atoms with E-state index in [1.165, 1.54) is 12.1 Å². The molecule has 110 valence electrons. The maximum atomic E-state index is 12.9. The van der Waals surface area contributed by atoms with E-state index in [0.717, 1.165) is 37.9 Å². The summed E-state index contributed by atoms with van der Waals surface area (Å²) >= 11 is 0. The summed E-state index contributed by atoms with van der Waals surface area (Å²) < 4.78 is 12.9. The minimum atomic E-state index is -0.222. The molecule has 2 atom stereocenters. The van der Waals surface area contributed by atoms with E-state index in [1.54, 1.807) is 12.1 Å². The van der Waals surface area contributed by atoms with E-state index in [2.05, 4.69) is 10.6 Å². The number of carbonyl (C=O) groups is 1. The van der Waals surface area contributed by atoms with Gasteiger partial charge in [-0.15, -0.1) is 12.4 Å². The first kappa shape index (κ1) is 15.3. The molecular weight excluding hydrogens is 279 g/mol. The van der Waals surface area contributed by atoms with Crippen LogP contribution >= 0.6 is 12.4 Å². The van der Waals surface area contributed by atoms with Gasteiger partial charge in [0.05, 0.1) is 0 Å². The van der Waals surface area contributed by atoms with E-state index >= 15 is 0 Å². The third-order valence-corrected chi connectivity index (χ3v) is 4.11. The molecule has 1 saturated carbocycles. The predicted octanol–water partition coefficient (Wildman–Crippen LogP) is 2.22. The van der Waals surface area contributed by atoms with Crippen molar-refractivity contribution in [1.82, 2.24) is 10.6 Å². The standard InChI is InChI=1S/C15H19FN2O.ClH/c16-11-3-1-10(2-4-11)13-9-14(13)15(19)18-12-5-7-17-8-6-12;/h1-4,12-14,17H,5-9H2,(H,18,19);1H. The number of amides is 1.